The van der Waals surface area contributed by atoms with Crippen LogP contribution in [0.15, 0.2) is 34.1 Å². The predicted octanol–water partition coefficient (Wildman–Crippen LogP) is 0.737. The Morgan fingerprint density at radius 1 is 0.962 bits per heavy atom. The van der Waals surface area contributed by atoms with Gasteiger partial charge >= 0.3 is 0 Å². The topological polar surface area (TPSA) is 78.0 Å². The van der Waals surface area contributed by atoms with Gasteiger partial charge in [-0.1, -0.05) is 0 Å². The van der Waals surface area contributed by atoms with Gasteiger partial charge in [0.2, 0.25) is 10.0 Å². The zero-order valence-electron chi connectivity index (χ0n) is 15.9. The fraction of sp³-hybridized carbons (Fsp3) is 0.647. The zero-order valence-corrected chi connectivity index (χ0v) is 17.6. The smallest absolute Gasteiger partial charge is 0.243 e. The van der Waals surface area contributed by atoms with Crippen molar-refractivity contribution < 1.29 is 16.8 Å². The van der Waals surface area contributed by atoms with Crippen LogP contribution in [0.25, 0.3) is 0 Å². The third-order valence-electron chi connectivity index (χ3n) is 4.72. The lowest BCUT2D eigenvalue weighted by atomic mass is 10.1. The third kappa shape index (κ3) is 5.26. The van der Waals surface area contributed by atoms with Crippen molar-refractivity contribution >= 4 is 19.9 Å². The summed E-state index contributed by atoms with van der Waals surface area (Å²) in [6.07, 6.45) is 2.70. The minimum atomic E-state index is -3.68. The summed E-state index contributed by atoms with van der Waals surface area (Å²) in [6, 6.07) is 5.47. The Balaban J connectivity index is 2.31. The van der Waals surface area contributed by atoms with Crippen LogP contribution < -0.4 is 0 Å². The standard InChI is InChI=1S/C17H29N3O4S2/c1-18(2)13-14-20(15-9-11-19(3)12-10-15)26(23,24)17-7-5-16(6-8-17)25(4,21)22/h5-8,15H,9-14H2,1-4H3. The molecule has 0 amide bonds. The van der Waals surface area contributed by atoms with E-state index in [0.717, 1.165) is 32.2 Å². The van der Waals surface area contributed by atoms with Crippen molar-refractivity contribution in [3.63, 3.8) is 0 Å². The van der Waals surface area contributed by atoms with E-state index in [2.05, 4.69) is 4.90 Å². The second-order valence-corrected chi connectivity index (χ2v) is 11.1. The molecule has 0 bridgehead atoms. The molecule has 1 aromatic rings. The molecule has 2 rings (SSSR count). The van der Waals surface area contributed by atoms with E-state index in [9.17, 15) is 16.8 Å². The molecular formula is C17H29N3O4S2. The van der Waals surface area contributed by atoms with E-state index < -0.39 is 19.9 Å². The van der Waals surface area contributed by atoms with Gasteiger partial charge in [-0.25, -0.2) is 16.8 Å². The summed E-state index contributed by atoms with van der Waals surface area (Å²) in [4.78, 5) is 4.43. The number of sulfonamides is 1. The van der Waals surface area contributed by atoms with Crippen LogP contribution in [0.4, 0.5) is 0 Å². The lowest BCUT2D eigenvalue weighted by molar-refractivity contribution is 0.175. The molecule has 0 aromatic heterocycles. The van der Waals surface area contributed by atoms with Crippen molar-refractivity contribution in [3.8, 4) is 0 Å². The van der Waals surface area contributed by atoms with Gasteiger partial charge in [0.05, 0.1) is 9.79 Å². The lowest BCUT2D eigenvalue weighted by Gasteiger charge is -2.37. The first kappa shape index (κ1) is 21.3. The van der Waals surface area contributed by atoms with Crippen LogP contribution in [0.2, 0.25) is 0 Å². The zero-order chi connectivity index (χ0) is 19.5. The molecule has 1 aromatic carbocycles. The second kappa shape index (κ2) is 8.35. The molecule has 1 heterocycles. The van der Waals surface area contributed by atoms with E-state index in [1.807, 2.05) is 26.0 Å². The Morgan fingerprint density at radius 3 is 1.92 bits per heavy atom. The van der Waals surface area contributed by atoms with Crippen molar-refractivity contribution in [2.45, 2.75) is 28.7 Å². The van der Waals surface area contributed by atoms with Gasteiger partial charge in [0.15, 0.2) is 9.84 Å². The summed E-state index contributed by atoms with van der Waals surface area (Å²) in [5, 5.41) is 0. The van der Waals surface area contributed by atoms with Crippen molar-refractivity contribution in [1.82, 2.24) is 14.1 Å². The van der Waals surface area contributed by atoms with Crippen LogP contribution in [0.1, 0.15) is 12.8 Å². The Bertz CT molecular complexity index is 797. The van der Waals surface area contributed by atoms with Gasteiger partial charge in [-0.3, -0.25) is 0 Å². The number of nitrogens with zero attached hydrogens (tertiary/aromatic N) is 3. The molecule has 1 fully saturated rings. The summed E-state index contributed by atoms with van der Waals surface area (Å²) < 4.78 is 51.3. The van der Waals surface area contributed by atoms with E-state index in [4.69, 9.17) is 0 Å². The van der Waals surface area contributed by atoms with Gasteiger partial charge in [0.25, 0.3) is 0 Å². The lowest BCUT2D eigenvalue weighted by Crippen LogP contribution is -2.48. The van der Waals surface area contributed by atoms with Crippen molar-refractivity contribution in [2.24, 2.45) is 0 Å². The number of piperidine rings is 1. The van der Waals surface area contributed by atoms with E-state index in [1.54, 1.807) is 4.31 Å². The maximum Gasteiger partial charge on any atom is 0.243 e. The molecule has 0 atom stereocenters. The monoisotopic (exact) mass is 403 g/mol. The highest BCUT2D eigenvalue weighted by molar-refractivity contribution is 7.90. The highest BCUT2D eigenvalue weighted by Gasteiger charge is 2.33. The van der Waals surface area contributed by atoms with Gasteiger partial charge in [0, 0.05) is 25.4 Å². The molecule has 148 valence electrons. The van der Waals surface area contributed by atoms with Gasteiger partial charge in [-0.2, -0.15) is 4.31 Å². The number of hydrogen-bond donors (Lipinski definition) is 0. The SMILES string of the molecule is CN(C)CCN(C1CCN(C)CC1)S(=O)(=O)c1ccc(S(C)(=O)=O)cc1. The first-order valence-electron chi connectivity index (χ1n) is 8.67. The fourth-order valence-electron chi connectivity index (χ4n) is 3.07. The second-order valence-electron chi connectivity index (χ2n) is 7.20. The molecule has 1 aliphatic rings. The van der Waals surface area contributed by atoms with E-state index >= 15 is 0 Å². The molecule has 1 aliphatic heterocycles. The minimum absolute atomic E-state index is 0.0364. The number of sulfone groups is 1. The molecule has 9 heteroatoms. The average molecular weight is 404 g/mol. The van der Waals surface area contributed by atoms with Crippen LogP contribution in [0, 0.1) is 0 Å². The molecule has 0 N–H and O–H groups in total. The molecule has 0 unspecified atom stereocenters. The predicted molar refractivity (Wildman–Crippen MR) is 103 cm³/mol. The Hall–Kier alpha value is -1.00. The molecule has 0 spiro atoms. The molecule has 0 aliphatic carbocycles. The number of benzene rings is 1. The number of likely N-dealkylation sites (tertiary alicyclic amines) is 1. The highest BCUT2D eigenvalue weighted by Crippen LogP contribution is 2.25. The van der Waals surface area contributed by atoms with Crippen molar-refractivity contribution in [2.75, 3.05) is 53.6 Å². The summed E-state index contributed by atoms with van der Waals surface area (Å²) in [7, 11) is -1.16. The van der Waals surface area contributed by atoms with E-state index in [1.165, 1.54) is 24.3 Å². The minimum Gasteiger partial charge on any atom is -0.308 e. The molecule has 1 saturated heterocycles. The van der Waals surface area contributed by atoms with E-state index in [0.29, 0.717) is 13.1 Å². The van der Waals surface area contributed by atoms with Crippen LogP contribution in [0.3, 0.4) is 0 Å². The van der Waals surface area contributed by atoms with Crippen LogP contribution >= 0.6 is 0 Å². The first-order chi connectivity index (χ1) is 12.0. The van der Waals surface area contributed by atoms with Gasteiger partial charge in [0.1, 0.15) is 0 Å². The van der Waals surface area contributed by atoms with Gasteiger partial charge in [-0.15, -0.1) is 0 Å². The molecule has 0 radical (unpaired) electrons. The Kier molecular flexibility index (Phi) is 6.84. The van der Waals surface area contributed by atoms with Crippen LogP contribution in [0.5, 0.6) is 0 Å². The molecule has 26 heavy (non-hydrogen) atoms. The number of hydrogen-bond acceptors (Lipinski definition) is 6. The number of rotatable bonds is 7. The quantitative estimate of drug-likeness (QED) is 0.668. The number of likely N-dealkylation sites (N-methyl/N-ethyl adjacent to an activating group) is 1. The molecule has 0 saturated carbocycles. The summed E-state index contributed by atoms with van der Waals surface area (Å²) in [5.74, 6) is 0. The molecule has 7 nitrogen and oxygen atoms in total. The van der Waals surface area contributed by atoms with Gasteiger partial charge in [-0.05, 0) is 71.3 Å². The normalized spacial score (nSPS) is 17.9. The van der Waals surface area contributed by atoms with Crippen LogP contribution in [-0.4, -0.2) is 90.6 Å². The average Bonchev–Trinajstić information content (AvgIpc) is 2.55. The van der Waals surface area contributed by atoms with E-state index in [-0.39, 0.29) is 15.8 Å². The fourth-order valence-corrected chi connectivity index (χ4v) is 5.38. The van der Waals surface area contributed by atoms with Crippen molar-refractivity contribution in [1.29, 1.82) is 0 Å². The Labute approximate surface area is 157 Å². The van der Waals surface area contributed by atoms with Crippen LogP contribution in [-0.2, 0) is 19.9 Å². The van der Waals surface area contributed by atoms with Crippen molar-refractivity contribution in [3.05, 3.63) is 24.3 Å². The maximum atomic E-state index is 13.2. The summed E-state index contributed by atoms with van der Waals surface area (Å²) in [6.45, 7) is 2.78. The summed E-state index contributed by atoms with van der Waals surface area (Å²) >= 11 is 0. The maximum absolute atomic E-state index is 13.2. The first-order valence-corrected chi connectivity index (χ1v) is 12.0. The largest absolute Gasteiger partial charge is 0.308 e. The summed E-state index contributed by atoms with van der Waals surface area (Å²) in [5.41, 5.74) is 0. The highest BCUT2D eigenvalue weighted by atomic mass is 32.2. The van der Waals surface area contributed by atoms with Gasteiger partial charge < -0.3 is 9.80 Å². The molecular weight excluding hydrogens is 374 g/mol. The Morgan fingerprint density at radius 2 is 1.46 bits per heavy atom. The third-order valence-corrected chi connectivity index (χ3v) is 7.82.